The van der Waals surface area contributed by atoms with Gasteiger partial charge >= 0.3 is 5.97 Å². The van der Waals surface area contributed by atoms with E-state index in [4.69, 9.17) is 37.3 Å². The van der Waals surface area contributed by atoms with E-state index in [1.807, 2.05) is 30.3 Å². The Labute approximate surface area is 230 Å². The number of ether oxygens (including phenoxy) is 1. The van der Waals surface area contributed by atoms with E-state index < -0.39 is 23.4 Å². The summed E-state index contributed by atoms with van der Waals surface area (Å²) in [7, 11) is 0. The zero-order chi connectivity index (χ0) is 27.8. The Balaban J connectivity index is 2.00. The molecule has 1 N–H and O–H groups in total. The first kappa shape index (κ1) is 27.4. The molecule has 2 heterocycles. The predicted octanol–water partition coefficient (Wildman–Crippen LogP) is 7.59. The number of ketones is 1. The zero-order valence-electron chi connectivity index (χ0n) is 21.5. The quantitative estimate of drug-likeness (QED) is 0.195. The van der Waals surface area contributed by atoms with Crippen molar-refractivity contribution in [3.05, 3.63) is 70.4 Å². The fourth-order valence-electron chi connectivity index (χ4n) is 3.88. The average molecular weight is 553 g/mol. The molecule has 196 valence electrons. The molecule has 0 spiro atoms. The molecule has 0 bridgehead atoms. The molecule has 0 aliphatic carbocycles. The average Bonchev–Trinajstić information content (AvgIpc) is 3.19. The van der Waals surface area contributed by atoms with Gasteiger partial charge in [0.15, 0.2) is 11.9 Å². The van der Waals surface area contributed by atoms with Gasteiger partial charge in [-0.2, -0.15) is 0 Å². The molecular weight excluding hydrogens is 527 g/mol. The van der Waals surface area contributed by atoms with Gasteiger partial charge in [-0.15, -0.1) is 0 Å². The smallest absolute Gasteiger partial charge is 0.303 e. The van der Waals surface area contributed by atoms with Crippen LogP contribution in [-0.4, -0.2) is 28.7 Å². The number of anilines is 1. The third-order valence-corrected chi connectivity index (χ3v) is 6.40. The fourth-order valence-corrected chi connectivity index (χ4v) is 4.23. The summed E-state index contributed by atoms with van der Waals surface area (Å²) in [5, 5.41) is 4.18. The van der Waals surface area contributed by atoms with Crippen LogP contribution in [0.1, 0.15) is 45.2 Å². The largest absolute Gasteiger partial charge is 0.453 e. The van der Waals surface area contributed by atoms with Crippen molar-refractivity contribution in [1.82, 2.24) is 4.98 Å². The minimum Gasteiger partial charge on any atom is -0.453 e. The maximum Gasteiger partial charge on any atom is 0.303 e. The van der Waals surface area contributed by atoms with Crippen molar-refractivity contribution < 1.29 is 23.5 Å². The van der Waals surface area contributed by atoms with Gasteiger partial charge in [0.1, 0.15) is 5.69 Å². The van der Waals surface area contributed by atoms with E-state index >= 15 is 0 Å². The molecular formula is C29H26Cl2N2O5. The Morgan fingerprint density at radius 3 is 2.26 bits per heavy atom. The van der Waals surface area contributed by atoms with E-state index in [-0.39, 0.29) is 22.9 Å². The molecule has 2 aromatic heterocycles. The standard InChI is InChI=1S/C29H26Cl2N2O5/c1-15(37-16(2)34)27(36)32-24-21-14-20(17-10-12-18(30)13-11-17)23(19-8-6-7-9-22(19)31)33-28(21)38-25(24)26(35)29(3,4)5/h6-15H,1-5H3,(H,32,36). The first-order valence-electron chi connectivity index (χ1n) is 11.9. The first-order valence-corrected chi connectivity index (χ1v) is 12.6. The first-order chi connectivity index (χ1) is 17.9. The van der Waals surface area contributed by atoms with Crippen molar-refractivity contribution in [2.24, 2.45) is 5.41 Å². The summed E-state index contributed by atoms with van der Waals surface area (Å²) < 4.78 is 11.0. The van der Waals surface area contributed by atoms with Gasteiger partial charge in [-0.05, 0) is 36.8 Å². The lowest BCUT2D eigenvalue weighted by Gasteiger charge is -2.17. The fraction of sp³-hybridized carbons (Fsp3) is 0.241. The number of amides is 1. The minimum absolute atomic E-state index is 0.0539. The molecule has 1 atom stereocenters. The number of hydrogen-bond acceptors (Lipinski definition) is 6. The number of carbonyl (C=O) groups excluding carboxylic acids is 3. The Morgan fingerprint density at radius 1 is 1.00 bits per heavy atom. The van der Waals surface area contributed by atoms with Crippen LogP contribution >= 0.6 is 23.2 Å². The second kappa shape index (κ2) is 10.6. The number of pyridine rings is 1. The Morgan fingerprint density at radius 2 is 1.66 bits per heavy atom. The second-order valence-corrected chi connectivity index (χ2v) is 10.7. The van der Waals surface area contributed by atoms with Gasteiger partial charge in [0.05, 0.1) is 11.1 Å². The van der Waals surface area contributed by atoms with Crippen molar-refractivity contribution in [1.29, 1.82) is 0 Å². The van der Waals surface area contributed by atoms with Gasteiger partial charge < -0.3 is 14.5 Å². The summed E-state index contributed by atoms with van der Waals surface area (Å²) in [6, 6.07) is 16.2. The molecule has 0 saturated carbocycles. The number of carbonyl (C=O) groups is 3. The monoisotopic (exact) mass is 552 g/mol. The van der Waals surface area contributed by atoms with Crippen LogP contribution in [0.25, 0.3) is 33.5 Å². The van der Waals surface area contributed by atoms with Gasteiger partial charge in [0.2, 0.25) is 11.5 Å². The van der Waals surface area contributed by atoms with Crippen molar-refractivity contribution >= 4 is 57.6 Å². The van der Waals surface area contributed by atoms with Crippen molar-refractivity contribution in [3.63, 3.8) is 0 Å². The van der Waals surface area contributed by atoms with Crippen LogP contribution in [0.5, 0.6) is 0 Å². The summed E-state index contributed by atoms with van der Waals surface area (Å²) in [5.41, 5.74) is 2.13. The van der Waals surface area contributed by atoms with Crippen LogP contribution in [0, 0.1) is 5.41 Å². The Hall–Kier alpha value is -3.68. The van der Waals surface area contributed by atoms with Gasteiger partial charge in [0, 0.05) is 33.5 Å². The summed E-state index contributed by atoms with van der Waals surface area (Å²) in [6.45, 7) is 7.90. The highest BCUT2D eigenvalue weighted by molar-refractivity contribution is 6.33. The molecule has 1 amide bonds. The molecule has 4 aromatic rings. The van der Waals surface area contributed by atoms with Gasteiger partial charge in [-0.1, -0.05) is 74.3 Å². The summed E-state index contributed by atoms with van der Waals surface area (Å²) in [5.74, 6) is -1.61. The van der Waals surface area contributed by atoms with Gasteiger partial charge in [0.25, 0.3) is 5.91 Å². The highest BCUT2D eigenvalue weighted by Crippen LogP contribution is 2.41. The topological polar surface area (TPSA) is 98.5 Å². The van der Waals surface area contributed by atoms with Crippen molar-refractivity contribution in [3.8, 4) is 22.4 Å². The molecule has 4 rings (SSSR count). The molecule has 0 saturated heterocycles. The van der Waals surface area contributed by atoms with Crippen molar-refractivity contribution in [2.45, 2.75) is 40.7 Å². The number of nitrogens with zero attached hydrogens (tertiary/aromatic N) is 1. The third-order valence-electron chi connectivity index (χ3n) is 5.81. The molecule has 0 radical (unpaired) electrons. The molecule has 0 aliphatic rings. The zero-order valence-corrected chi connectivity index (χ0v) is 23.0. The maximum atomic E-state index is 13.4. The molecule has 7 nitrogen and oxygen atoms in total. The van der Waals surface area contributed by atoms with Crippen LogP contribution in [0.15, 0.2) is 59.0 Å². The van der Waals surface area contributed by atoms with Gasteiger partial charge in [-0.25, -0.2) is 4.98 Å². The van der Waals surface area contributed by atoms with E-state index in [1.54, 1.807) is 45.0 Å². The SMILES string of the molecule is CC(=O)OC(C)C(=O)Nc1c(C(=O)C(C)(C)C)oc2nc(-c3ccccc3Cl)c(-c3ccc(Cl)cc3)cc12. The van der Waals surface area contributed by atoms with Crippen molar-refractivity contribution in [2.75, 3.05) is 5.32 Å². The molecule has 38 heavy (non-hydrogen) atoms. The van der Waals surface area contributed by atoms with E-state index in [1.165, 1.54) is 13.8 Å². The summed E-state index contributed by atoms with van der Waals surface area (Å²) in [6.07, 6.45) is -1.10. The highest BCUT2D eigenvalue weighted by atomic mass is 35.5. The number of Topliss-reactive ketones (excluding diaryl/α,β-unsaturated/α-hetero) is 1. The molecule has 0 aliphatic heterocycles. The second-order valence-electron chi connectivity index (χ2n) is 9.85. The number of halogens is 2. The summed E-state index contributed by atoms with van der Waals surface area (Å²) >= 11 is 12.7. The molecule has 1 unspecified atom stereocenters. The molecule has 9 heteroatoms. The van der Waals surface area contributed by atoms with Crippen LogP contribution in [0.2, 0.25) is 10.0 Å². The molecule has 0 fully saturated rings. The van der Waals surface area contributed by atoms with Gasteiger partial charge in [-0.3, -0.25) is 14.4 Å². The number of benzene rings is 2. The van der Waals surface area contributed by atoms with E-state index in [2.05, 4.69) is 5.32 Å². The minimum atomic E-state index is -1.10. The number of furan rings is 1. The third kappa shape index (κ3) is 5.59. The van der Waals surface area contributed by atoms with E-state index in [0.29, 0.717) is 32.3 Å². The van der Waals surface area contributed by atoms with Crippen LogP contribution in [0.4, 0.5) is 5.69 Å². The lowest BCUT2D eigenvalue weighted by Crippen LogP contribution is -2.30. The van der Waals surface area contributed by atoms with Crippen LogP contribution in [0.3, 0.4) is 0 Å². The highest BCUT2D eigenvalue weighted by Gasteiger charge is 2.33. The Kier molecular flexibility index (Phi) is 7.63. The maximum absolute atomic E-state index is 13.4. The number of hydrogen-bond donors (Lipinski definition) is 1. The lowest BCUT2D eigenvalue weighted by atomic mass is 9.88. The van der Waals surface area contributed by atoms with E-state index in [0.717, 1.165) is 5.56 Å². The number of esters is 1. The van der Waals surface area contributed by atoms with Crippen LogP contribution in [-0.2, 0) is 14.3 Å². The predicted molar refractivity (Wildman–Crippen MR) is 149 cm³/mol. The van der Waals surface area contributed by atoms with E-state index in [9.17, 15) is 14.4 Å². The lowest BCUT2D eigenvalue weighted by molar-refractivity contribution is -0.150. The number of nitrogens with one attached hydrogen (secondary N) is 1. The normalized spacial score (nSPS) is 12.3. The number of fused-ring (bicyclic) bond motifs is 1. The van der Waals surface area contributed by atoms with Crippen LogP contribution < -0.4 is 5.32 Å². The Bertz CT molecular complexity index is 1550. The molecule has 2 aromatic carbocycles. The summed E-state index contributed by atoms with van der Waals surface area (Å²) in [4.78, 5) is 42.5. The number of aromatic nitrogens is 1. The number of rotatable bonds is 6.